The quantitative estimate of drug-likeness (QED) is 0.741. The SMILES string of the molecule is CC(C)=Nc1cc2c(cc1F)OCC(=O)N2. The van der Waals surface area contributed by atoms with Crippen LogP contribution in [0.4, 0.5) is 15.8 Å². The summed E-state index contributed by atoms with van der Waals surface area (Å²) in [6, 6.07) is 2.70. The minimum absolute atomic E-state index is 0.0815. The van der Waals surface area contributed by atoms with E-state index in [2.05, 4.69) is 10.3 Å². The minimum atomic E-state index is -0.462. The lowest BCUT2D eigenvalue weighted by Gasteiger charge is -2.18. The van der Waals surface area contributed by atoms with Gasteiger partial charge in [0.15, 0.2) is 12.4 Å². The molecule has 16 heavy (non-hydrogen) atoms. The molecule has 1 aromatic rings. The van der Waals surface area contributed by atoms with E-state index in [0.717, 1.165) is 5.71 Å². The number of nitrogens with one attached hydrogen (secondary N) is 1. The van der Waals surface area contributed by atoms with Crippen molar-refractivity contribution in [3.8, 4) is 5.75 Å². The summed E-state index contributed by atoms with van der Waals surface area (Å²) in [5.74, 6) is -0.372. The van der Waals surface area contributed by atoms with E-state index < -0.39 is 5.82 Å². The first-order valence-corrected chi connectivity index (χ1v) is 4.84. The molecule has 0 atom stereocenters. The van der Waals surface area contributed by atoms with Gasteiger partial charge in [-0.3, -0.25) is 9.79 Å². The zero-order valence-corrected chi connectivity index (χ0v) is 9.00. The van der Waals surface area contributed by atoms with Gasteiger partial charge in [0.05, 0.1) is 5.69 Å². The molecule has 0 saturated heterocycles. The lowest BCUT2D eigenvalue weighted by molar-refractivity contribution is -0.118. The van der Waals surface area contributed by atoms with Crippen LogP contribution in [0.3, 0.4) is 0 Å². The largest absolute Gasteiger partial charge is 0.481 e. The first-order chi connectivity index (χ1) is 7.56. The van der Waals surface area contributed by atoms with E-state index in [0.29, 0.717) is 11.4 Å². The van der Waals surface area contributed by atoms with Crippen molar-refractivity contribution in [1.29, 1.82) is 0 Å². The van der Waals surface area contributed by atoms with Gasteiger partial charge >= 0.3 is 0 Å². The third-order valence-electron chi connectivity index (χ3n) is 2.03. The van der Waals surface area contributed by atoms with Crippen LogP contribution >= 0.6 is 0 Å². The van der Waals surface area contributed by atoms with E-state index in [4.69, 9.17) is 4.74 Å². The maximum absolute atomic E-state index is 13.5. The van der Waals surface area contributed by atoms with Gasteiger partial charge in [-0.05, 0) is 19.9 Å². The summed E-state index contributed by atoms with van der Waals surface area (Å²) in [6.07, 6.45) is 0. The highest BCUT2D eigenvalue weighted by molar-refractivity contribution is 5.96. The van der Waals surface area contributed by atoms with Crippen molar-refractivity contribution < 1.29 is 13.9 Å². The minimum Gasteiger partial charge on any atom is -0.481 e. The predicted octanol–water partition coefficient (Wildman–Crippen LogP) is 2.27. The molecule has 0 radical (unpaired) electrons. The lowest BCUT2D eigenvalue weighted by Crippen LogP contribution is -2.25. The number of fused-ring (bicyclic) bond motifs is 1. The number of ether oxygens (including phenoxy) is 1. The molecule has 0 fully saturated rings. The molecule has 84 valence electrons. The summed E-state index contributed by atoms with van der Waals surface area (Å²) in [6.45, 7) is 3.46. The molecule has 1 aromatic carbocycles. The summed E-state index contributed by atoms with van der Waals surface area (Å²) in [5, 5.41) is 2.60. The number of rotatable bonds is 1. The lowest BCUT2D eigenvalue weighted by atomic mass is 10.2. The summed E-state index contributed by atoms with van der Waals surface area (Å²) >= 11 is 0. The highest BCUT2D eigenvalue weighted by atomic mass is 19.1. The molecule has 0 saturated carbocycles. The molecular formula is C11H11FN2O2. The summed E-state index contributed by atoms with van der Waals surface area (Å²) in [5.41, 5.74) is 1.39. The van der Waals surface area contributed by atoms with Crippen LogP contribution < -0.4 is 10.1 Å². The van der Waals surface area contributed by atoms with Gasteiger partial charge in [-0.2, -0.15) is 0 Å². The van der Waals surface area contributed by atoms with Crippen LogP contribution in [0.5, 0.6) is 5.75 Å². The van der Waals surface area contributed by atoms with Gasteiger partial charge in [-0.25, -0.2) is 4.39 Å². The Kier molecular flexibility index (Phi) is 2.60. The van der Waals surface area contributed by atoms with Gasteiger partial charge in [0, 0.05) is 11.8 Å². The van der Waals surface area contributed by atoms with E-state index >= 15 is 0 Å². The number of halogens is 1. The second-order valence-electron chi connectivity index (χ2n) is 3.70. The first-order valence-electron chi connectivity index (χ1n) is 4.84. The Balaban J connectivity index is 2.47. The average Bonchev–Trinajstić information content (AvgIpc) is 2.19. The fourth-order valence-corrected chi connectivity index (χ4v) is 1.42. The molecule has 1 aliphatic rings. The van der Waals surface area contributed by atoms with Gasteiger partial charge in [0.25, 0.3) is 5.91 Å². The zero-order chi connectivity index (χ0) is 11.7. The normalized spacial score (nSPS) is 13.6. The second kappa shape index (κ2) is 3.92. The average molecular weight is 222 g/mol. The molecule has 0 bridgehead atoms. The van der Waals surface area contributed by atoms with Crippen molar-refractivity contribution in [1.82, 2.24) is 0 Å². The van der Waals surface area contributed by atoms with Crippen LogP contribution in [0.2, 0.25) is 0 Å². The molecule has 0 spiro atoms. The van der Waals surface area contributed by atoms with E-state index in [1.165, 1.54) is 12.1 Å². The second-order valence-corrected chi connectivity index (χ2v) is 3.70. The molecule has 1 amide bonds. The first kappa shape index (κ1) is 10.6. The summed E-state index contributed by atoms with van der Waals surface area (Å²) in [7, 11) is 0. The maximum Gasteiger partial charge on any atom is 0.262 e. The van der Waals surface area contributed by atoms with Crippen molar-refractivity contribution in [2.45, 2.75) is 13.8 Å². The molecule has 0 unspecified atom stereocenters. The third kappa shape index (κ3) is 2.03. The Bertz CT molecular complexity index is 479. The van der Waals surface area contributed by atoms with Crippen LogP contribution in [0, 0.1) is 5.82 Å². The van der Waals surface area contributed by atoms with Gasteiger partial charge in [-0.15, -0.1) is 0 Å². The number of carbonyl (C=O) groups excluding carboxylic acids is 1. The Morgan fingerprint density at radius 3 is 2.94 bits per heavy atom. The third-order valence-corrected chi connectivity index (χ3v) is 2.03. The molecule has 0 aliphatic carbocycles. The van der Waals surface area contributed by atoms with Gasteiger partial charge in [-0.1, -0.05) is 0 Å². The number of hydrogen-bond donors (Lipinski definition) is 1. The predicted molar refractivity (Wildman–Crippen MR) is 59.0 cm³/mol. The smallest absolute Gasteiger partial charge is 0.262 e. The molecule has 4 nitrogen and oxygen atoms in total. The van der Waals surface area contributed by atoms with Crippen molar-refractivity contribution in [3.63, 3.8) is 0 Å². The molecular weight excluding hydrogens is 211 g/mol. The van der Waals surface area contributed by atoms with Crippen LogP contribution in [-0.4, -0.2) is 18.2 Å². The van der Waals surface area contributed by atoms with E-state index in [9.17, 15) is 9.18 Å². The topological polar surface area (TPSA) is 50.7 Å². The number of hydrogen-bond acceptors (Lipinski definition) is 3. The number of nitrogens with zero attached hydrogens (tertiary/aromatic N) is 1. The number of carbonyl (C=O) groups is 1. The summed E-state index contributed by atoms with van der Waals surface area (Å²) < 4.78 is 18.6. The Morgan fingerprint density at radius 2 is 2.25 bits per heavy atom. The number of benzene rings is 1. The standard InChI is InChI=1S/C11H11FN2O2/c1-6(2)13-8-4-9-10(3-7(8)12)16-5-11(15)14-9/h3-4H,5H2,1-2H3,(H,14,15). The van der Waals surface area contributed by atoms with Crippen molar-refractivity contribution in [2.75, 3.05) is 11.9 Å². The highest BCUT2D eigenvalue weighted by Gasteiger charge is 2.18. The Morgan fingerprint density at radius 1 is 1.50 bits per heavy atom. The fourth-order valence-electron chi connectivity index (χ4n) is 1.42. The van der Waals surface area contributed by atoms with E-state index in [1.807, 2.05) is 0 Å². The van der Waals surface area contributed by atoms with Crippen molar-refractivity contribution >= 4 is 23.0 Å². The molecule has 0 aromatic heterocycles. The van der Waals surface area contributed by atoms with Crippen LogP contribution in [0.15, 0.2) is 17.1 Å². The van der Waals surface area contributed by atoms with Crippen LogP contribution in [-0.2, 0) is 4.79 Å². The summed E-state index contributed by atoms with van der Waals surface area (Å²) in [4.78, 5) is 15.1. The van der Waals surface area contributed by atoms with Crippen LogP contribution in [0.25, 0.3) is 0 Å². The zero-order valence-electron chi connectivity index (χ0n) is 9.00. The molecule has 1 aliphatic heterocycles. The van der Waals surface area contributed by atoms with Gasteiger partial charge < -0.3 is 10.1 Å². The van der Waals surface area contributed by atoms with Gasteiger partial charge in [0.2, 0.25) is 0 Å². The number of amides is 1. The van der Waals surface area contributed by atoms with Gasteiger partial charge in [0.1, 0.15) is 11.4 Å². The van der Waals surface area contributed by atoms with E-state index in [-0.39, 0.29) is 18.2 Å². The fraction of sp³-hybridized carbons (Fsp3) is 0.273. The van der Waals surface area contributed by atoms with Crippen LogP contribution in [0.1, 0.15) is 13.8 Å². The molecule has 5 heteroatoms. The molecule has 1 heterocycles. The number of anilines is 1. The Labute approximate surface area is 92.1 Å². The van der Waals surface area contributed by atoms with Crippen molar-refractivity contribution in [3.05, 3.63) is 17.9 Å². The maximum atomic E-state index is 13.5. The number of aliphatic imine (C=N–C) groups is 1. The van der Waals surface area contributed by atoms with E-state index in [1.54, 1.807) is 13.8 Å². The Hall–Kier alpha value is -1.91. The highest BCUT2D eigenvalue weighted by Crippen LogP contribution is 2.34. The molecule has 2 rings (SSSR count). The monoisotopic (exact) mass is 222 g/mol. The molecule has 1 N–H and O–H groups in total. The van der Waals surface area contributed by atoms with Crippen molar-refractivity contribution in [2.24, 2.45) is 4.99 Å².